The summed E-state index contributed by atoms with van der Waals surface area (Å²) in [7, 11) is 2.16. The van der Waals surface area contributed by atoms with E-state index in [1.165, 1.54) is 16.7 Å². The molecule has 0 spiro atoms. The third-order valence-electron chi connectivity index (χ3n) is 4.99. The van der Waals surface area contributed by atoms with Crippen LogP contribution in [0.2, 0.25) is 0 Å². The number of hydrogen-bond acceptors (Lipinski definition) is 3. The lowest BCUT2D eigenvalue weighted by Crippen LogP contribution is -2.35. The number of hydrogen-bond donors (Lipinski definition) is 2. The molecule has 0 aromatic heterocycles. The summed E-state index contributed by atoms with van der Waals surface area (Å²) in [5, 5.41) is 7.19. The van der Waals surface area contributed by atoms with Gasteiger partial charge >= 0.3 is 0 Å². The molecule has 0 unspecified atom stereocenters. The van der Waals surface area contributed by atoms with E-state index in [1.54, 1.807) is 0 Å². The Morgan fingerprint density at radius 1 is 1.11 bits per heavy atom. The zero-order chi connectivity index (χ0) is 19.2. The van der Waals surface area contributed by atoms with E-state index in [1.807, 2.05) is 0 Å². The number of piperidine rings is 1. The zero-order valence-corrected chi connectivity index (χ0v) is 17.2. The minimum atomic E-state index is 0.333. The molecule has 3 rings (SSSR count). The maximum Gasteiger partial charge on any atom is 0.171 e. The van der Waals surface area contributed by atoms with Crippen LogP contribution in [-0.4, -0.2) is 36.3 Å². The summed E-state index contributed by atoms with van der Waals surface area (Å²) in [5.41, 5.74) is 4.62. The predicted molar refractivity (Wildman–Crippen MR) is 117 cm³/mol. The minimum Gasteiger partial charge on any atom is -0.490 e. The summed E-state index contributed by atoms with van der Waals surface area (Å²) in [5.74, 6) is 0.949. The minimum absolute atomic E-state index is 0.333. The third kappa shape index (κ3) is 5.94. The molecule has 2 aromatic carbocycles. The van der Waals surface area contributed by atoms with E-state index < -0.39 is 0 Å². The number of aryl methyl sites for hydroxylation is 2. The topological polar surface area (TPSA) is 36.5 Å². The molecule has 27 heavy (non-hydrogen) atoms. The lowest BCUT2D eigenvalue weighted by atomic mass is 10.1. The van der Waals surface area contributed by atoms with E-state index in [2.05, 4.69) is 78.9 Å². The van der Waals surface area contributed by atoms with Crippen LogP contribution in [0.4, 0.5) is 5.69 Å². The number of nitrogens with zero attached hydrogens (tertiary/aromatic N) is 1. The van der Waals surface area contributed by atoms with Crippen LogP contribution >= 0.6 is 12.2 Å². The first-order chi connectivity index (χ1) is 13.0. The quantitative estimate of drug-likeness (QED) is 0.755. The lowest BCUT2D eigenvalue weighted by molar-refractivity contribution is 0.114. The van der Waals surface area contributed by atoms with Gasteiger partial charge in [0.15, 0.2) is 5.11 Å². The Morgan fingerprint density at radius 3 is 2.52 bits per heavy atom. The van der Waals surface area contributed by atoms with Gasteiger partial charge in [-0.05, 0) is 80.8 Å². The highest BCUT2D eigenvalue weighted by molar-refractivity contribution is 7.80. The molecular formula is C22H29N3OS. The van der Waals surface area contributed by atoms with Gasteiger partial charge in [-0.1, -0.05) is 24.3 Å². The molecule has 0 saturated carbocycles. The standard InChI is InChI=1S/C22H29N3OS/c1-16-4-5-17(2)21(14-16)24-22(27)23-15-18-6-8-19(9-7-18)26-20-10-12-25(3)13-11-20/h4-9,14,20H,10-13,15H2,1-3H3,(H2,23,24,27). The van der Waals surface area contributed by atoms with Crippen LogP contribution in [0.15, 0.2) is 42.5 Å². The van der Waals surface area contributed by atoms with Crippen molar-refractivity contribution in [1.82, 2.24) is 10.2 Å². The molecule has 5 heteroatoms. The van der Waals surface area contributed by atoms with E-state index in [-0.39, 0.29) is 0 Å². The zero-order valence-electron chi connectivity index (χ0n) is 16.4. The first kappa shape index (κ1) is 19.6. The Hall–Kier alpha value is -2.11. The Labute approximate surface area is 167 Å². The van der Waals surface area contributed by atoms with Gasteiger partial charge in [0, 0.05) is 25.3 Å². The molecule has 0 amide bonds. The fourth-order valence-corrected chi connectivity index (χ4v) is 3.38. The van der Waals surface area contributed by atoms with E-state index >= 15 is 0 Å². The van der Waals surface area contributed by atoms with Gasteiger partial charge in [0.2, 0.25) is 0 Å². The van der Waals surface area contributed by atoms with E-state index in [0.29, 0.717) is 17.8 Å². The second-order valence-corrected chi connectivity index (χ2v) is 7.80. The number of nitrogens with one attached hydrogen (secondary N) is 2. The van der Waals surface area contributed by atoms with Crippen LogP contribution in [0.5, 0.6) is 5.75 Å². The summed E-state index contributed by atoms with van der Waals surface area (Å²) in [6.07, 6.45) is 2.52. The van der Waals surface area contributed by atoms with Crippen molar-refractivity contribution in [3.05, 3.63) is 59.2 Å². The molecule has 1 fully saturated rings. The molecule has 2 aromatic rings. The number of rotatable bonds is 5. The molecule has 1 saturated heterocycles. The Bertz CT molecular complexity index is 768. The van der Waals surface area contributed by atoms with Crippen molar-refractivity contribution in [2.24, 2.45) is 0 Å². The molecule has 1 aliphatic heterocycles. The van der Waals surface area contributed by atoms with Gasteiger partial charge in [0.05, 0.1) is 0 Å². The van der Waals surface area contributed by atoms with Gasteiger partial charge in [0.1, 0.15) is 11.9 Å². The van der Waals surface area contributed by atoms with Crippen molar-refractivity contribution in [3.8, 4) is 5.75 Å². The molecule has 0 atom stereocenters. The summed E-state index contributed by atoms with van der Waals surface area (Å²) in [6, 6.07) is 14.6. The number of ether oxygens (including phenoxy) is 1. The predicted octanol–water partition coefficient (Wildman–Crippen LogP) is 4.26. The van der Waals surface area contributed by atoms with E-state index in [4.69, 9.17) is 17.0 Å². The van der Waals surface area contributed by atoms with Gasteiger partial charge in [-0.3, -0.25) is 0 Å². The van der Waals surface area contributed by atoms with Crippen LogP contribution in [0.25, 0.3) is 0 Å². The summed E-state index contributed by atoms with van der Waals surface area (Å²) < 4.78 is 6.10. The molecule has 0 aliphatic carbocycles. The van der Waals surface area contributed by atoms with Crippen LogP contribution in [-0.2, 0) is 6.54 Å². The van der Waals surface area contributed by atoms with Crippen molar-refractivity contribution in [2.75, 3.05) is 25.5 Å². The fraction of sp³-hybridized carbons (Fsp3) is 0.409. The monoisotopic (exact) mass is 383 g/mol. The van der Waals surface area contributed by atoms with Crippen molar-refractivity contribution in [2.45, 2.75) is 39.3 Å². The molecule has 2 N–H and O–H groups in total. The Morgan fingerprint density at radius 2 is 1.81 bits per heavy atom. The first-order valence-electron chi connectivity index (χ1n) is 9.56. The third-order valence-corrected chi connectivity index (χ3v) is 5.23. The molecule has 0 radical (unpaired) electrons. The second kappa shape index (κ2) is 9.20. The number of thiocarbonyl (C=S) groups is 1. The fourth-order valence-electron chi connectivity index (χ4n) is 3.20. The summed E-state index contributed by atoms with van der Waals surface area (Å²) in [6.45, 7) is 7.06. The van der Waals surface area contributed by atoms with Crippen LogP contribution in [0, 0.1) is 13.8 Å². The maximum absolute atomic E-state index is 6.10. The molecule has 1 aliphatic rings. The first-order valence-corrected chi connectivity index (χ1v) is 9.96. The number of benzene rings is 2. The van der Waals surface area contributed by atoms with Crippen molar-refractivity contribution >= 4 is 23.0 Å². The van der Waals surface area contributed by atoms with Gasteiger partial charge in [-0.15, -0.1) is 0 Å². The highest BCUT2D eigenvalue weighted by Gasteiger charge is 2.17. The molecular weight excluding hydrogens is 354 g/mol. The lowest BCUT2D eigenvalue weighted by Gasteiger charge is -2.29. The largest absolute Gasteiger partial charge is 0.490 e. The molecule has 1 heterocycles. The van der Waals surface area contributed by atoms with Crippen molar-refractivity contribution < 1.29 is 4.74 Å². The second-order valence-electron chi connectivity index (χ2n) is 7.39. The number of likely N-dealkylation sites (tertiary alicyclic amines) is 1. The van der Waals surface area contributed by atoms with Crippen LogP contribution < -0.4 is 15.4 Å². The highest BCUT2D eigenvalue weighted by Crippen LogP contribution is 2.19. The van der Waals surface area contributed by atoms with Crippen molar-refractivity contribution in [3.63, 3.8) is 0 Å². The van der Waals surface area contributed by atoms with Crippen LogP contribution in [0.3, 0.4) is 0 Å². The normalized spacial score (nSPS) is 15.4. The average Bonchev–Trinajstić information content (AvgIpc) is 2.66. The summed E-state index contributed by atoms with van der Waals surface area (Å²) >= 11 is 5.43. The van der Waals surface area contributed by atoms with Crippen molar-refractivity contribution in [1.29, 1.82) is 0 Å². The molecule has 4 nitrogen and oxygen atoms in total. The SMILES string of the molecule is Cc1ccc(C)c(NC(=S)NCc2ccc(OC3CCN(C)CC3)cc2)c1. The number of anilines is 1. The van der Waals surface area contributed by atoms with Gasteiger partial charge in [0.25, 0.3) is 0 Å². The van der Waals surface area contributed by atoms with Gasteiger partial charge < -0.3 is 20.3 Å². The van der Waals surface area contributed by atoms with Crippen LogP contribution in [0.1, 0.15) is 29.5 Å². The smallest absolute Gasteiger partial charge is 0.171 e. The molecule has 144 valence electrons. The molecule has 0 bridgehead atoms. The Balaban J connectivity index is 1.47. The maximum atomic E-state index is 6.10. The summed E-state index contributed by atoms with van der Waals surface area (Å²) in [4.78, 5) is 2.35. The average molecular weight is 384 g/mol. The van der Waals surface area contributed by atoms with E-state index in [0.717, 1.165) is 37.4 Å². The van der Waals surface area contributed by atoms with Gasteiger partial charge in [-0.2, -0.15) is 0 Å². The van der Waals surface area contributed by atoms with E-state index in [9.17, 15) is 0 Å². The van der Waals surface area contributed by atoms with Gasteiger partial charge in [-0.25, -0.2) is 0 Å². The highest BCUT2D eigenvalue weighted by atomic mass is 32.1. The Kier molecular flexibility index (Phi) is 6.69.